The highest BCUT2D eigenvalue weighted by molar-refractivity contribution is 7.99. The Bertz CT molecular complexity index is 693. The van der Waals surface area contributed by atoms with Gasteiger partial charge in [-0.25, -0.2) is 0 Å². The van der Waals surface area contributed by atoms with Crippen molar-refractivity contribution >= 4 is 40.4 Å². The van der Waals surface area contributed by atoms with Crippen LogP contribution in [0.25, 0.3) is 0 Å². The zero-order valence-corrected chi connectivity index (χ0v) is 12.7. The van der Waals surface area contributed by atoms with E-state index in [2.05, 4.69) is 11.0 Å². The number of nitrogens with zero attached hydrogens (tertiary/aromatic N) is 2. The smallest absolute Gasteiger partial charge is 0.271 e. The highest BCUT2D eigenvalue weighted by atomic mass is 35.5. The minimum absolute atomic E-state index is 0.115. The van der Waals surface area contributed by atoms with Gasteiger partial charge in [0.2, 0.25) is 0 Å². The van der Waals surface area contributed by atoms with Crippen LogP contribution >= 0.6 is 23.4 Å². The SMILES string of the molecule is O=[N+]([O-])c1ccc2c(c1)N(CCCCl)c1ccccc1S2. The van der Waals surface area contributed by atoms with E-state index in [1.807, 2.05) is 24.3 Å². The summed E-state index contributed by atoms with van der Waals surface area (Å²) in [7, 11) is 0. The number of alkyl halides is 1. The van der Waals surface area contributed by atoms with Crippen molar-refractivity contribution in [3.8, 4) is 0 Å². The standard InChI is InChI=1S/C15H13ClN2O2S/c16-8-3-9-17-12-4-1-2-5-14(12)21-15-7-6-11(18(19)20)10-13(15)17/h1-2,4-7,10H,3,8-9H2. The quantitative estimate of drug-likeness (QED) is 0.460. The topological polar surface area (TPSA) is 46.4 Å². The molecule has 0 spiro atoms. The molecular formula is C15H13ClN2O2S. The maximum absolute atomic E-state index is 11.0. The highest BCUT2D eigenvalue weighted by Crippen LogP contribution is 2.48. The Balaban J connectivity index is 2.09. The van der Waals surface area contributed by atoms with Crippen molar-refractivity contribution in [2.75, 3.05) is 17.3 Å². The molecule has 0 aliphatic carbocycles. The second kappa shape index (κ2) is 5.95. The van der Waals surface area contributed by atoms with Crippen LogP contribution in [-0.2, 0) is 0 Å². The Kier molecular flexibility index (Phi) is 4.03. The second-order valence-corrected chi connectivity index (χ2v) is 6.13. The molecule has 0 N–H and O–H groups in total. The van der Waals surface area contributed by atoms with Crippen LogP contribution in [-0.4, -0.2) is 17.3 Å². The molecule has 21 heavy (non-hydrogen) atoms. The van der Waals surface area contributed by atoms with Gasteiger partial charge < -0.3 is 4.90 Å². The van der Waals surface area contributed by atoms with Gasteiger partial charge in [0.05, 0.1) is 16.3 Å². The van der Waals surface area contributed by atoms with E-state index >= 15 is 0 Å². The number of fused-ring (bicyclic) bond motifs is 2. The molecule has 1 heterocycles. The predicted molar refractivity (Wildman–Crippen MR) is 86.0 cm³/mol. The van der Waals surface area contributed by atoms with Crippen LogP contribution in [0.1, 0.15) is 6.42 Å². The summed E-state index contributed by atoms with van der Waals surface area (Å²) in [4.78, 5) is 15.0. The van der Waals surface area contributed by atoms with Crippen molar-refractivity contribution in [3.63, 3.8) is 0 Å². The monoisotopic (exact) mass is 320 g/mol. The Hall–Kier alpha value is -1.72. The van der Waals surface area contributed by atoms with Gasteiger partial charge in [0.1, 0.15) is 0 Å². The Morgan fingerprint density at radius 3 is 2.67 bits per heavy atom. The molecule has 108 valence electrons. The first-order chi connectivity index (χ1) is 10.2. The van der Waals surface area contributed by atoms with Crippen molar-refractivity contribution in [3.05, 3.63) is 52.6 Å². The van der Waals surface area contributed by atoms with Gasteiger partial charge in [0, 0.05) is 34.3 Å². The molecule has 0 amide bonds. The number of hydrogen-bond donors (Lipinski definition) is 0. The van der Waals surface area contributed by atoms with E-state index in [4.69, 9.17) is 11.6 Å². The second-order valence-electron chi connectivity index (χ2n) is 4.67. The molecule has 0 fully saturated rings. The number of halogens is 1. The van der Waals surface area contributed by atoms with Crippen LogP contribution in [0, 0.1) is 10.1 Å². The van der Waals surface area contributed by atoms with Gasteiger partial charge in [0.15, 0.2) is 0 Å². The number of rotatable bonds is 4. The number of anilines is 2. The molecule has 3 rings (SSSR count). The molecule has 4 nitrogen and oxygen atoms in total. The number of nitro groups is 1. The van der Waals surface area contributed by atoms with Gasteiger partial charge in [-0.3, -0.25) is 10.1 Å². The van der Waals surface area contributed by atoms with Crippen LogP contribution in [0.5, 0.6) is 0 Å². The van der Waals surface area contributed by atoms with Crippen molar-refractivity contribution in [2.24, 2.45) is 0 Å². The molecule has 0 radical (unpaired) electrons. The lowest BCUT2D eigenvalue weighted by atomic mass is 10.2. The first-order valence-electron chi connectivity index (χ1n) is 6.59. The number of para-hydroxylation sites is 1. The maximum atomic E-state index is 11.0. The van der Waals surface area contributed by atoms with E-state index in [0.29, 0.717) is 5.88 Å². The largest absolute Gasteiger partial charge is 0.339 e. The van der Waals surface area contributed by atoms with Crippen LogP contribution in [0.3, 0.4) is 0 Å². The van der Waals surface area contributed by atoms with Gasteiger partial charge in [-0.1, -0.05) is 23.9 Å². The third-order valence-corrected chi connectivity index (χ3v) is 4.73. The average Bonchev–Trinajstić information content (AvgIpc) is 2.50. The lowest BCUT2D eigenvalue weighted by molar-refractivity contribution is -0.384. The molecule has 1 aliphatic rings. The Labute approximate surface area is 131 Å². The summed E-state index contributed by atoms with van der Waals surface area (Å²) in [6.07, 6.45) is 0.822. The first-order valence-corrected chi connectivity index (χ1v) is 7.94. The normalized spacial score (nSPS) is 12.7. The van der Waals surface area contributed by atoms with Crippen LogP contribution in [0.15, 0.2) is 52.3 Å². The van der Waals surface area contributed by atoms with Crippen LogP contribution in [0.2, 0.25) is 0 Å². The van der Waals surface area contributed by atoms with Crippen molar-refractivity contribution in [2.45, 2.75) is 16.2 Å². The summed E-state index contributed by atoms with van der Waals surface area (Å²) in [5.74, 6) is 0.566. The first kappa shape index (κ1) is 14.2. The van der Waals surface area contributed by atoms with E-state index in [1.54, 1.807) is 23.9 Å². The molecule has 0 atom stereocenters. The summed E-state index contributed by atoms with van der Waals surface area (Å²) in [5.41, 5.74) is 2.09. The fraction of sp³-hybridized carbons (Fsp3) is 0.200. The zero-order chi connectivity index (χ0) is 14.8. The van der Waals surface area contributed by atoms with E-state index in [1.165, 1.54) is 0 Å². The fourth-order valence-corrected chi connectivity index (χ4v) is 3.59. The molecule has 0 aromatic heterocycles. The van der Waals surface area contributed by atoms with Gasteiger partial charge in [-0.2, -0.15) is 0 Å². The van der Waals surface area contributed by atoms with Crippen LogP contribution < -0.4 is 4.90 Å². The molecule has 2 aromatic rings. The molecule has 2 aromatic carbocycles. The average molecular weight is 321 g/mol. The highest BCUT2D eigenvalue weighted by Gasteiger charge is 2.24. The summed E-state index contributed by atoms with van der Waals surface area (Å²) in [6, 6.07) is 13.1. The summed E-state index contributed by atoms with van der Waals surface area (Å²) >= 11 is 7.46. The number of hydrogen-bond acceptors (Lipinski definition) is 4. The molecule has 0 bridgehead atoms. The number of non-ortho nitro benzene ring substituents is 1. The summed E-state index contributed by atoms with van der Waals surface area (Å²) in [6.45, 7) is 0.745. The minimum atomic E-state index is -0.356. The van der Waals surface area contributed by atoms with Crippen molar-refractivity contribution < 1.29 is 4.92 Å². The minimum Gasteiger partial charge on any atom is -0.339 e. The number of benzene rings is 2. The molecular weight excluding hydrogens is 308 g/mol. The molecule has 0 unspecified atom stereocenters. The lowest BCUT2D eigenvalue weighted by Crippen LogP contribution is -2.22. The van der Waals surface area contributed by atoms with Gasteiger partial charge in [-0.05, 0) is 24.6 Å². The molecule has 6 heteroatoms. The molecule has 0 saturated carbocycles. The Morgan fingerprint density at radius 2 is 1.90 bits per heavy atom. The third kappa shape index (κ3) is 2.71. The van der Waals surface area contributed by atoms with E-state index in [-0.39, 0.29) is 10.6 Å². The van der Waals surface area contributed by atoms with Crippen molar-refractivity contribution in [1.82, 2.24) is 0 Å². The molecule has 0 saturated heterocycles. The van der Waals surface area contributed by atoms with Gasteiger partial charge in [-0.15, -0.1) is 11.6 Å². The maximum Gasteiger partial charge on any atom is 0.271 e. The van der Waals surface area contributed by atoms with E-state index < -0.39 is 0 Å². The van der Waals surface area contributed by atoms with Crippen molar-refractivity contribution in [1.29, 1.82) is 0 Å². The third-order valence-electron chi connectivity index (χ3n) is 3.34. The molecule has 1 aliphatic heterocycles. The summed E-state index contributed by atoms with van der Waals surface area (Å²) in [5, 5.41) is 11.0. The van der Waals surface area contributed by atoms with Gasteiger partial charge in [0.25, 0.3) is 5.69 Å². The predicted octanol–water partition coefficient (Wildman–Crippen LogP) is 4.83. The van der Waals surface area contributed by atoms with Crippen LogP contribution in [0.4, 0.5) is 17.1 Å². The summed E-state index contributed by atoms with van der Waals surface area (Å²) < 4.78 is 0. The fourth-order valence-electron chi connectivity index (χ4n) is 2.39. The lowest BCUT2D eigenvalue weighted by Gasteiger charge is -2.32. The van der Waals surface area contributed by atoms with E-state index in [0.717, 1.165) is 34.1 Å². The van der Waals surface area contributed by atoms with Gasteiger partial charge >= 0.3 is 0 Å². The zero-order valence-electron chi connectivity index (χ0n) is 11.2. The number of nitro benzene ring substituents is 1. The van der Waals surface area contributed by atoms with E-state index in [9.17, 15) is 10.1 Å². The Morgan fingerprint density at radius 1 is 1.14 bits per heavy atom.